The molecule has 3 rings (SSSR count). The number of carbonyl (C=O) groups excluding carboxylic acids is 1. The van der Waals surface area contributed by atoms with Gasteiger partial charge in [-0.15, -0.1) is 0 Å². The van der Waals surface area contributed by atoms with Crippen LogP contribution in [0.1, 0.15) is 41.8 Å². The standard InChI is InChI=1S/C18H20ClN3O4/c19-13-3-1-2-12(8-13)17(25)18(26)22-6-4-11(5-7-22)15-9-14(20-21-15)10-16(23)24/h1-3,8-9,11,17,25H,4-7,10H2,(H,20,21)(H,23,24). The smallest absolute Gasteiger partial charge is 0.309 e. The van der Waals surface area contributed by atoms with Gasteiger partial charge in [-0.1, -0.05) is 23.7 Å². The Balaban J connectivity index is 1.58. The molecule has 138 valence electrons. The van der Waals surface area contributed by atoms with Crippen molar-refractivity contribution in [2.75, 3.05) is 13.1 Å². The molecule has 8 heteroatoms. The first kappa shape index (κ1) is 18.4. The van der Waals surface area contributed by atoms with E-state index in [2.05, 4.69) is 10.2 Å². The number of aliphatic hydroxyl groups is 1. The Labute approximate surface area is 155 Å². The van der Waals surface area contributed by atoms with Crippen LogP contribution in [0.25, 0.3) is 0 Å². The number of H-pyrrole nitrogens is 1. The fourth-order valence-electron chi connectivity index (χ4n) is 3.23. The first-order chi connectivity index (χ1) is 12.4. The fraction of sp³-hybridized carbons (Fsp3) is 0.389. The minimum absolute atomic E-state index is 0.0871. The number of halogens is 1. The minimum Gasteiger partial charge on any atom is -0.481 e. The number of hydrogen-bond donors (Lipinski definition) is 3. The average molecular weight is 378 g/mol. The molecule has 26 heavy (non-hydrogen) atoms. The van der Waals surface area contributed by atoms with Gasteiger partial charge in [-0.05, 0) is 36.6 Å². The number of aromatic amines is 1. The van der Waals surface area contributed by atoms with E-state index in [-0.39, 0.29) is 18.2 Å². The summed E-state index contributed by atoms with van der Waals surface area (Å²) >= 11 is 5.92. The lowest BCUT2D eigenvalue weighted by Gasteiger charge is -2.32. The summed E-state index contributed by atoms with van der Waals surface area (Å²) in [6.45, 7) is 1.03. The molecular weight excluding hydrogens is 358 g/mol. The van der Waals surface area contributed by atoms with Crippen molar-refractivity contribution in [1.82, 2.24) is 15.1 Å². The van der Waals surface area contributed by atoms with E-state index in [4.69, 9.17) is 16.7 Å². The molecule has 1 fully saturated rings. The molecule has 1 aliphatic heterocycles. The molecular formula is C18H20ClN3O4. The molecule has 2 aromatic rings. The second-order valence-corrected chi connectivity index (χ2v) is 6.88. The first-order valence-corrected chi connectivity index (χ1v) is 8.80. The van der Waals surface area contributed by atoms with Crippen LogP contribution in [0.15, 0.2) is 30.3 Å². The Kier molecular flexibility index (Phi) is 5.58. The van der Waals surface area contributed by atoms with Crippen molar-refractivity contribution in [3.8, 4) is 0 Å². The number of rotatable bonds is 5. The number of hydrogen-bond acceptors (Lipinski definition) is 4. The molecule has 1 saturated heterocycles. The predicted octanol–water partition coefficient (Wildman–Crippen LogP) is 2.13. The minimum atomic E-state index is -1.22. The van der Waals surface area contributed by atoms with Gasteiger partial charge in [0.1, 0.15) is 0 Å². The molecule has 1 atom stereocenters. The zero-order chi connectivity index (χ0) is 18.7. The van der Waals surface area contributed by atoms with Gasteiger partial charge in [0, 0.05) is 29.7 Å². The van der Waals surface area contributed by atoms with Crippen molar-refractivity contribution in [2.24, 2.45) is 0 Å². The van der Waals surface area contributed by atoms with Crippen LogP contribution in [0.3, 0.4) is 0 Å². The SMILES string of the molecule is O=C(O)Cc1cc(C2CCN(C(=O)C(O)c3cccc(Cl)c3)CC2)n[nH]1. The Hall–Kier alpha value is -2.38. The monoisotopic (exact) mass is 377 g/mol. The summed E-state index contributed by atoms with van der Waals surface area (Å²) in [6, 6.07) is 8.43. The number of aromatic nitrogens is 2. The van der Waals surface area contributed by atoms with Crippen LogP contribution >= 0.6 is 11.6 Å². The van der Waals surface area contributed by atoms with Gasteiger partial charge in [-0.25, -0.2) is 0 Å². The lowest BCUT2D eigenvalue weighted by molar-refractivity contribution is -0.141. The van der Waals surface area contributed by atoms with Crippen molar-refractivity contribution in [1.29, 1.82) is 0 Å². The van der Waals surface area contributed by atoms with Crippen LogP contribution in [0.4, 0.5) is 0 Å². The molecule has 0 radical (unpaired) electrons. The lowest BCUT2D eigenvalue weighted by Crippen LogP contribution is -2.40. The van der Waals surface area contributed by atoms with Gasteiger partial charge >= 0.3 is 5.97 Å². The van der Waals surface area contributed by atoms with Gasteiger partial charge < -0.3 is 15.1 Å². The van der Waals surface area contributed by atoms with Gasteiger partial charge in [0.15, 0.2) is 6.10 Å². The van der Waals surface area contributed by atoms with Gasteiger partial charge in [0.2, 0.25) is 0 Å². The fourth-order valence-corrected chi connectivity index (χ4v) is 3.43. The van der Waals surface area contributed by atoms with Gasteiger partial charge in [0.25, 0.3) is 5.91 Å². The van der Waals surface area contributed by atoms with Crippen LogP contribution in [0.2, 0.25) is 5.02 Å². The number of aliphatic carboxylic acids is 1. The van der Waals surface area contributed by atoms with Crippen molar-refractivity contribution in [3.05, 3.63) is 52.3 Å². The molecule has 1 unspecified atom stereocenters. The van der Waals surface area contributed by atoms with E-state index >= 15 is 0 Å². The first-order valence-electron chi connectivity index (χ1n) is 8.42. The molecule has 7 nitrogen and oxygen atoms in total. The molecule has 0 saturated carbocycles. The quantitative estimate of drug-likeness (QED) is 0.740. The number of benzene rings is 1. The predicted molar refractivity (Wildman–Crippen MR) is 94.9 cm³/mol. The summed E-state index contributed by atoms with van der Waals surface area (Å²) in [5.74, 6) is -1.07. The van der Waals surface area contributed by atoms with Crippen molar-refractivity contribution in [3.63, 3.8) is 0 Å². The molecule has 1 aromatic heterocycles. The Bertz CT molecular complexity index is 799. The van der Waals surface area contributed by atoms with Crippen molar-refractivity contribution >= 4 is 23.5 Å². The molecule has 2 heterocycles. The van der Waals surface area contributed by atoms with E-state index in [1.807, 2.05) is 0 Å². The van der Waals surface area contributed by atoms with Crippen molar-refractivity contribution < 1.29 is 19.8 Å². The summed E-state index contributed by atoms with van der Waals surface area (Å²) < 4.78 is 0. The highest BCUT2D eigenvalue weighted by Crippen LogP contribution is 2.29. The number of nitrogens with one attached hydrogen (secondary N) is 1. The Morgan fingerprint density at radius 2 is 2.04 bits per heavy atom. The average Bonchev–Trinajstić information content (AvgIpc) is 3.08. The summed E-state index contributed by atoms with van der Waals surface area (Å²) in [7, 11) is 0. The Morgan fingerprint density at radius 3 is 2.69 bits per heavy atom. The maximum absolute atomic E-state index is 12.5. The number of likely N-dealkylation sites (tertiary alicyclic amines) is 1. The molecule has 1 aliphatic rings. The molecule has 1 aromatic carbocycles. The summed E-state index contributed by atoms with van der Waals surface area (Å²) in [4.78, 5) is 24.9. The highest BCUT2D eigenvalue weighted by atomic mass is 35.5. The highest BCUT2D eigenvalue weighted by molar-refractivity contribution is 6.30. The number of carboxylic acid groups (broad SMARTS) is 1. The van der Waals surface area contributed by atoms with E-state index < -0.39 is 12.1 Å². The van der Waals surface area contributed by atoms with Crippen LogP contribution in [-0.4, -0.2) is 50.3 Å². The Morgan fingerprint density at radius 1 is 1.31 bits per heavy atom. The van der Waals surface area contributed by atoms with Gasteiger partial charge in [-0.3, -0.25) is 14.7 Å². The molecule has 0 spiro atoms. The van der Waals surface area contributed by atoms with Crippen LogP contribution in [-0.2, 0) is 16.0 Å². The van der Waals surface area contributed by atoms with Crippen LogP contribution in [0, 0.1) is 0 Å². The van der Waals surface area contributed by atoms with E-state index in [1.165, 1.54) is 0 Å². The molecule has 3 N–H and O–H groups in total. The second kappa shape index (κ2) is 7.88. The van der Waals surface area contributed by atoms with Crippen molar-refractivity contribution in [2.45, 2.75) is 31.3 Å². The third-order valence-corrected chi connectivity index (χ3v) is 4.85. The lowest BCUT2D eigenvalue weighted by atomic mass is 9.92. The number of carboxylic acids is 1. The maximum Gasteiger partial charge on any atom is 0.309 e. The molecule has 0 bridgehead atoms. The van der Waals surface area contributed by atoms with E-state index in [0.29, 0.717) is 42.2 Å². The van der Waals surface area contributed by atoms with E-state index in [0.717, 1.165) is 5.69 Å². The number of aliphatic hydroxyl groups excluding tert-OH is 1. The van der Waals surface area contributed by atoms with Crippen LogP contribution < -0.4 is 0 Å². The normalized spacial score (nSPS) is 16.5. The zero-order valence-corrected chi connectivity index (χ0v) is 14.8. The number of nitrogens with zero attached hydrogens (tertiary/aromatic N) is 2. The molecule has 0 aliphatic carbocycles. The number of carbonyl (C=O) groups is 2. The largest absolute Gasteiger partial charge is 0.481 e. The van der Waals surface area contributed by atoms with Crippen LogP contribution in [0.5, 0.6) is 0 Å². The third kappa shape index (κ3) is 4.23. The summed E-state index contributed by atoms with van der Waals surface area (Å²) in [5.41, 5.74) is 1.88. The topological polar surface area (TPSA) is 107 Å². The second-order valence-electron chi connectivity index (χ2n) is 6.45. The maximum atomic E-state index is 12.5. The zero-order valence-electron chi connectivity index (χ0n) is 14.1. The van der Waals surface area contributed by atoms with E-state index in [1.54, 1.807) is 35.2 Å². The van der Waals surface area contributed by atoms with Gasteiger partial charge in [-0.2, -0.15) is 5.10 Å². The van der Waals surface area contributed by atoms with Gasteiger partial charge in [0.05, 0.1) is 12.1 Å². The summed E-state index contributed by atoms with van der Waals surface area (Å²) in [5, 5.41) is 26.6. The highest BCUT2D eigenvalue weighted by Gasteiger charge is 2.29. The number of piperidine rings is 1. The third-order valence-electron chi connectivity index (χ3n) is 4.62. The summed E-state index contributed by atoms with van der Waals surface area (Å²) in [6.07, 6.45) is 0.116. The number of amides is 1. The van der Waals surface area contributed by atoms with E-state index in [9.17, 15) is 14.7 Å². The molecule has 1 amide bonds.